The number of nitrogens with one attached hydrogen (secondary N) is 2. The summed E-state index contributed by atoms with van der Waals surface area (Å²) in [6.07, 6.45) is 0.806. The van der Waals surface area contributed by atoms with Crippen molar-refractivity contribution in [2.24, 2.45) is 0 Å². The quantitative estimate of drug-likeness (QED) is 0.791. The van der Waals surface area contributed by atoms with Crippen LogP contribution in [0, 0.1) is 5.82 Å². The van der Waals surface area contributed by atoms with Gasteiger partial charge in [-0.25, -0.2) is 12.8 Å². The van der Waals surface area contributed by atoms with Gasteiger partial charge >= 0.3 is 0 Å². The number of carbonyl (C=O) groups excluding carboxylic acids is 2. The Morgan fingerprint density at radius 1 is 1.27 bits per heavy atom. The highest BCUT2D eigenvalue weighted by Gasteiger charge is 2.40. The van der Waals surface area contributed by atoms with Crippen LogP contribution in [0.4, 0.5) is 4.39 Å². The molecular formula is C17H24FN3O4S. The number of hydrogen-bond donors (Lipinski definition) is 2. The van der Waals surface area contributed by atoms with Crippen molar-refractivity contribution < 1.29 is 22.4 Å². The molecule has 0 bridgehead atoms. The maximum atomic E-state index is 13.9. The van der Waals surface area contributed by atoms with Gasteiger partial charge in [-0.1, -0.05) is 12.1 Å². The molecule has 0 spiro atoms. The molecule has 2 N–H and O–H groups in total. The topological polar surface area (TPSA) is 95.6 Å². The van der Waals surface area contributed by atoms with Crippen LogP contribution in [0.3, 0.4) is 0 Å². The number of hydrogen-bond acceptors (Lipinski definition) is 4. The van der Waals surface area contributed by atoms with E-state index in [1.807, 2.05) is 20.8 Å². The van der Waals surface area contributed by atoms with Gasteiger partial charge < -0.3 is 10.6 Å². The first kappa shape index (κ1) is 20.3. The van der Waals surface area contributed by atoms with Crippen molar-refractivity contribution in [1.82, 2.24) is 14.9 Å². The van der Waals surface area contributed by atoms with Crippen molar-refractivity contribution in [1.29, 1.82) is 0 Å². The maximum absolute atomic E-state index is 13.9. The van der Waals surface area contributed by atoms with Gasteiger partial charge in [-0.15, -0.1) is 0 Å². The second-order valence-corrected chi connectivity index (χ2v) is 9.08. The summed E-state index contributed by atoms with van der Waals surface area (Å²) in [7, 11) is -4.13. The van der Waals surface area contributed by atoms with Gasteiger partial charge in [0.05, 0.1) is 6.54 Å². The van der Waals surface area contributed by atoms with Crippen LogP contribution >= 0.6 is 0 Å². The third-order valence-electron chi connectivity index (χ3n) is 3.87. The predicted octanol–water partition coefficient (Wildman–Crippen LogP) is 1.01. The zero-order valence-corrected chi connectivity index (χ0v) is 15.9. The Hall–Kier alpha value is -2.00. The van der Waals surface area contributed by atoms with Crippen LogP contribution in [0.5, 0.6) is 0 Å². The molecule has 2 amide bonds. The highest BCUT2D eigenvalue weighted by molar-refractivity contribution is 7.89. The number of nitrogens with zero attached hydrogens (tertiary/aromatic N) is 1. The number of halogens is 1. The summed E-state index contributed by atoms with van der Waals surface area (Å²) < 4.78 is 40.4. The van der Waals surface area contributed by atoms with E-state index in [0.29, 0.717) is 12.8 Å². The van der Waals surface area contributed by atoms with E-state index in [1.54, 1.807) is 0 Å². The molecule has 26 heavy (non-hydrogen) atoms. The number of carbonyl (C=O) groups is 2. The smallest absolute Gasteiger partial charge is 0.246 e. The van der Waals surface area contributed by atoms with Gasteiger partial charge in [0, 0.05) is 12.1 Å². The summed E-state index contributed by atoms with van der Waals surface area (Å²) in [5.74, 6) is -1.79. The summed E-state index contributed by atoms with van der Waals surface area (Å²) in [6, 6.07) is 4.11. The standard InChI is InChI=1S/C17H24FN3O4S/c1-17(2,3)20-15(22)11-19-16(23)13-8-6-10-21(13)26(24,25)14-9-5-4-7-12(14)18/h4-5,7,9,13H,6,8,10-11H2,1-3H3,(H,19,23)(H,20,22). The molecule has 0 radical (unpaired) electrons. The van der Waals surface area contributed by atoms with Crippen molar-refractivity contribution >= 4 is 21.8 Å². The molecule has 2 rings (SSSR count). The summed E-state index contributed by atoms with van der Waals surface area (Å²) >= 11 is 0. The van der Waals surface area contributed by atoms with Crippen LogP contribution in [0.1, 0.15) is 33.6 Å². The molecule has 9 heteroatoms. The van der Waals surface area contributed by atoms with Crippen molar-refractivity contribution in [3.8, 4) is 0 Å². The fraction of sp³-hybridized carbons (Fsp3) is 0.529. The lowest BCUT2D eigenvalue weighted by Crippen LogP contribution is -2.50. The molecule has 0 saturated carbocycles. The van der Waals surface area contributed by atoms with Gasteiger partial charge in [-0.2, -0.15) is 4.31 Å². The predicted molar refractivity (Wildman–Crippen MR) is 94.2 cm³/mol. The Balaban J connectivity index is 2.09. The molecule has 1 atom stereocenters. The number of benzene rings is 1. The highest BCUT2D eigenvalue weighted by Crippen LogP contribution is 2.27. The van der Waals surface area contributed by atoms with Crippen LogP contribution in [0.15, 0.2) is 29.2 Å². The molecule has 1 aromatic carbocycles. The summed E-state index contributed by atoms with van der Waals surface area (Å²) in [6.45, 7) is 5.31. The zero-order valence-electron chi connectivity index (χ0n) is 15.1. The lowest BCUT2D eigenvalue weighted by molar-refractivity contribution is -0.128. The highest BCUT2D eigenvalue weighted by atomic mass is 32.2. The van der Waals surface area contributed by atoms with Gasteiger partial charge in [0.1, 0.15) is 16.8 Å². The Bertz CT molecular complexity index is 789. The zero-order chi connectivity index (χ0) is 19.5. The average Bonchev–Trinajstić information content (AvgIpc) is 3.01. The van der Waals surface area contributed by atoms with Gasteiger partial charge in [-0.05, 0) is 45.7 Å². The Morgan fingerprint density at radius 2 is 1.92 bits per heavy atom. The van der Waals surface area contributed by atoms with E-state index in [0.717, 1.165) is 10.4 Å². The third-order valence-corrected chi connectivity index (χ3v) is 5.81. The Labute approximate surface area is 153 Å². The summed E-state index contributed by atoms with van der Waals surface area (Å²) in [5.41, 5.74) is -0.435. The van der Waals surface area contributed by atoms with Gasteiger partial charge in [0.2, 0.25) is 21.8 Å². The number of amides is 2. The normalized spacial score (nSPS) is 18.5. The monoisotopic (exact) mass is 385 g/mol. The van der Waals surface area contributed by atoms with E-state index in [-0.39, 0.29) is 19.0 Å². The lowest BCUT2D eigenvalue weighted by atomic mass is 10.1. The number of sulfonamides is 1. The van der Waals surface area contributed by atoms with Crippen molar-refractivity contribution in [2.45, 2.75) is 50.1 Å². The van der Waals surface area contributed by atoms with Crippen LogP contribution in [-0.4, -0.2) is 49.2 Å². The largest absolute Gasteiger partial charge is 0.350 e. The molecule has 0 aliphatic carbocycles. The fourth-order valence-electron chi connectivity index (χ4n) is 2.82. The molecule has 7 nitrogen and oxygen atoms in total. The van der Waals surface area contributed by atoms with Crippen LogP contribution in [0.2, 0.25) is 0 Å². The minimum Gasteiger partial charge on any atom is -0.350 e. The molecule has 1 heterocycles. The van der Waals surface area contributed by atoms with E-state index in [4.69, 9.17) is 0 Å². The Morgan fingerprint density at radius 3 is 2.54 bits per heavy atom. The molecular weight excluding hydrogens is 361 g/mol. The average molecular weight is 385 g/mol. The molecule has 1 aliphatic rings. The molecule has 0 aromatic heterocycles. The van der Waals surface area contributed by atoms with Gasteiger partial charge in [0.25, 0.3) is 0 Å². The van der Waals surface area contributed by atoms with E-state index in [2.05, 4.69) is 10.6 Å². The second kappa shape index (κ2) is 7.71. The van der Waals surface area contributed by atoms with E-state index < -0.39 is 38.2 Å². The number of rotatable bonds is 5. The van der Waals surface area contributed by atoms with Crippen molar-refractivity contribution in [3.05, 3.63) is 30.1 Å². The molecule has 1 aliphatic heterocycles. The van der Waals surface area contributed by atoms with Crippen LogP contribution in [-0.2, 0) is 19.6 Å². The van der Waals surface area contributed by atoms with Gasteiger partial charge in [0.15, 0.2) is 0 Å². The van der Waals surface area contributed by atoms with E-state index in [9.17, 15) is 22.4 Å². The minimum atomic E-state index is -4.13. The van der Waals surface area contributed by atoms with E-state index in [1.165, 1.54) is 18.2 Å². The van der Waals surface area contributed by atoms with Crippen molar-refractivity contribution in [3.63, 3.8) is 0 Å². The van der Waals surface area contributed by atoms with Gasteiger partial charge in [-0.3, -0.25) is 9.59 Å². The van der Waals surface area contributed by atoms with E-state index >= 15 is 0 Å². The van der Waals surface area contributed by atoms with Crippen molar-refractivity contribution in [2.75, 3.05) is 13.1 Å². The first-order valence-corrected chi connectivity index (χ1v) is 9.81. The van der Waals surface area contributed by atoms with Crippen LogP contribution in [0.25, 0.3) is 0 Å². The molecule has 1 fully saturated rings. The fourth-order valence-corrected chi connectivity index (χ4v) is 4.54. The molecule has 144 valence electrons. The minimum absolute atomic E-state index is 0.128. The third kappa shape index (κ3) is 4.79. The molecule has 1 aromatic rings. The molecule has 1 saturated heterocycles. The lowest BCUT2D eigenvalue weighted by Gasteiger charge is -2.24. The maximum Gasteiger partial charge on any atom is 0.246 e. The summed E-state index contributed by atoms with van der Waals surface area (Å²) in [4.78, 5) is 23.8. The second-order valence-electron chi connectivity index (χ2n) is 7.22. The Kier molecular flexibility index (Phi) is 6.02. The summed E-state index contributed by atoms with van der Waals surface area (Å²) in [5, 5.41) is 5.17. The SMILES string of the molecule is CC(C)(C)NC(=O)CNC(=O)C1CCCN1S(=O)(=O)c1ccccc1F. The van der Waals surface area contributed by atoms with Crippen LogP contribution < -0.4 is 10.6 Å². The molecule has 1 unspecified atom stereocenters. The first-order valence-electron chi connectivity index (χ1n) is 8.37. The first-order chi connectivity index (χ1) is 12.0.